The summed E-state index contributed by atoms with van der Waals surface area (Å²) in [4.78, 5) is 0. The van der Waals surface area contributed by atoms with Crippen molar-refractivity contribution < 1.29 is 8.85 Å². The molecule has 1 aromatic rings. The molecule has 0 aromatic heterocycles. The van der Waals surface area contributed by atoms with Crippen molar-refractivity contribution in [3.05, 3.63) is 18.2 Å². The molecule has 0 saturated carbocycles. The summed E-state index contributed by atoms with van der Waals surface area (Å²) in [6.45, 7) is 7.82. The summed E-state index contributed by atoms with van der Waals surface area (Å²) in [5, 5.41) is 3.97. The largest absolute Gasteiger partial charge is 0.412 e. The van der Waals surface area contributed by atoms with Gasteiger partial charge in [-0.25, -0.2) is 0 Å². The van der Waals surface area contributed by atoms with Crippen molar-refractivity contribution in [2.75, 3.05) is 13.2 Å². The Morgan fingerprint density at radius 1 is 0.875 bits per heavy atom. The normalized spacial score (nSPS) is 10.7. The minimum Gasteiger partial charge on any atom is -0.412 e. The van der Waals surface area contributed by atoms with Crippen LogP contribution in [-0.4, -0.2) is 42.3 Å². The quantitative estimate of drug-likeness (QED) is 0.626. The van der Waals surface area contributed by atoms with E-state index in [1.807, 2.05) is 13.8 Å². The first-order valence-corrected chi connectivity index (χ1v) is 8.70. The van der Waals surface area contributed by atoms with E-state index in [1.165, 1.54) is 15.6 Å². The molecule has 0 saturated heterocycles. The van der Waals surface area contributed by atoms with Gasteiger partial charge in [-0.2, -0.15) is 0 Å². The molecule has 0 atom stereocenters. The van der Waals surface area contributed by atoms with E-state index in [1.54, 1.807) is 0 Å². The first-order valence-electron chi connectivity index (χ1n) is 5.38. The predicted molar refractivity (Wildman–Crippen MR) is 71.7 cm³/mol. The second kappa shape index (κ2) is 7.97. The zero-order valence-corrected chi connectivity index (χ0v) is 13.0. The Morgan fingerprint density at radius 3 is 1.69 bits per heavy atom. The van der Waals surface area contributed by atoms with E-state index in [-0.39, 0.29) is 0 Å². The third kappa shape index (κ3) is 4.75. The second-order valence-corrected chi connectivity index (χ2v) is 6.34. The van der Waals surface area contributed by atoms with Gasteiger partial charge in [0.15, 0.2) is 0 Å². The Labute approximate surface area is 105 Å². The summed E-state index contributed by atoms with van der Waals surface area (Å²) in [5.41, 5.74) is 0. The molecule has 0 fully saturated rings. The average Bonchev–Trinajstić information content (AvgIpc) is 2.33. The van der Waals surface area contributed by atoms with E-state index in [2.05, 4.69) is 24.7 Å². The van der Waals surface area contributed by atoms with Gasteiger partial charge in [0.25, 0.3) is 19.5 Å². The summed E-state index contributed by atoms with van der Waals surface area (Å²) < 4.78 is 10.9. The Kier molecular flexibility index (Phi) is 6.90. The Balaban J connectivity index is 2.74. The van der Waals surface area contributed by atoms with Crippen molar-refractivity contribution in [1.82, 2.24) is 0 Å². The molecule has 5 heteroatoms. The van der Waals surface area contributed by atoms with E-state index < -0.39 is 0 Å². The molecule has 1 rings (SSSR count). The first kappa shape index (κ1) is 13.9. The Hall–Kier alpha value is -0.209. The van der Waals surface area contributed by atoms with Crippen molar-refractivity contribution >= 4 is 44.6 Å². The van der Waals surface area contributed by atoms with Crippen LogP contribution in [0.4, 0.5) is 0 Å². The first-order chi connectivity index (χ1) is 7.80. The van der Waals surface area contributed by atoms with Gasteiger partial charge in [-0.1, -0.05) is 29.9 Å². The lowest BCUT2D eigenvalue weighted by molar-refractivity contribution is 0.367. The molecule has 84 valence electrons. The van der Waals surface area contributed by atoms with Gasteiger partial charge in [0.1, 0.15) is 0 Å². The fourth-order valence-corrected chi connectivity index (χ4v) is 3.71. The molecule has 1 aromatic carbocycles. The minimum absolute atomic E-state index is 0.459. The summed E-state index contributed by atoms with van der Waals surface area (Å²) in [6.07, 6.45) is 0. The maximum Gasteiger partial charge on any atom is 0.268 e. The fourth-order valence-electron chi connectivity index (χ4n) is 1.20. The van der Waals surface area contributed by atoms with Crippen molar-refractivity contribution in [3.63, 3.8) is 0 Å². The van der Waals surface area contributed by atoms with Gasteiger partial charge in [0.05, 0.1) is 9.52 Å². The fraction of sp³-hybridized carbons (Fsp3) is 0.455. The van der Waals surface area contributed by atoms with Crippen molar-refractivity contribution in [2.24, 2.45) is 0 Å². The molecule has 0 amide bonds. The predicted octanol–water partition coefficient (Wildman–Crippen LogP) is -0.374. The molecule has 0 N–H and O–H groups in total. The lowest BCUT2D eigenvalue weighted by atomic mass is 10.4. The third-order valence-corrected chi connectivity index (χ3v) is 4.67. The van der Waals surface area contributed by atoms with Crippen molar-refractivity contribution in [2.45, 2.75) is 20.4 Å². The van der Waals surface area contributed by atoms with E-state index in [4.69, 9.17) is 8.85 Å². The zero-order valence-electron chi connectivity index (χ0n) is 9.96. The van der Waals surface area contributed by atoms with Crippen molar-refractivity contribution in [3.8, 4) is 0 Å². The summed E-state index contributed by atoms with van der Waals surface area (Å²) in [5.74, 6) is 0. The van der Waals surface area contributed by atoms with Crippen molar-refractivity contribution in [1.29, 1.82) is 0 Å². The van der Waals surface area contributed by atoms with Crippen LogP contribution in [-0.2, 0) is 8.85 Å². The van der Waals surface area contributed by atoms with Crippen LogP contribution in [0.15, 0.2) is 18.2 Å². The summed E-state index contributed by atoms with van der Waals surface area (Å²) in [7, 11) is 1.75. The van der Waals surface area contributed by atoms with Crippen LogP contribution in [0, 0.1) is 0 Å². The molecule has 0 heterocycles. The minimum atomic E-state index is 0.459. The Bertz CT molecular complexity index is 292. The van der Waals surface area contributed by atoms with Crippen LogP contribution in [0.3, 0.4) is 0 Å². The van der Waals surface area contributed by atoms with Crippen LogP contribution in [0.25, 0.3) is 0 Å². The van der Waals surface area contributed by atoms with Crippen LogP contribution in [0.5, 0.6) is 0 Å². The lowest BCUT2D eigenvalue weighted by Crippen LogP contribution is -2.33. The maximum absolute atomic E-state index is 5.47. The van der Waals surface area contributed by atoms with Crippen LogP contribution >= 0.6 is 0 Å². The third-order valence-electron chi connectivity index (χ3n) is 1.89. The second-order valence-electron chi connectivity index (χ2n) is 3.12. The molecule has 0 aliphatic rings. The van der Waals surface area contributed by atoms with Crippen LogP contribution < -0.4 is 15.6 Å². The SMILES string of the molecule is CCO[Si]c1cc([Si]C)cc([Si]OCC)c1. The molecular formula is C11H16O2Si3. The Morgan fingerprint density at radius 2 is 1.31 bits per heavy atom. The van der Waals surface area contributed by atoms with Gasteiger partial charge in [0, 0.05) is 13.2 Å². The molecule has 0 spiro atoms. The van der Waals surface area contributed by atoms with Gasteiger partial charge in [0.2, 0.25) is 0 Å². The van der Waals surface area contributed by atoms with Gasteiger partial charge < -0.3 is 8.85 Å². The topological polar surface area (TPSA) is 18.5 Å². The maximum atomic E-state index is 5.47. The highest BCUT2D eigenvalue weighted by molar-refractivity contribution is 6.57. The summed E-state index contributed by atoms with van der Waals surface area (Å²) in [6, 6.07) is 6.69. The van der Waals surface area contributed by atoms with E-state index >= 15 is 0 Å². The van der Waals surface area contributed by atoms with Crippen LogP contribution in [0.1, 0.15) is 13.8 Å². The molecule has 16 heavy (non-hydrogen) atoms. The molecule has 0 aliphatic carbocycles. The molecule has 6 radical (unpaired) electrons. The van der Waals surface area contributed by atoms with Gasteiger partial charge in [-0.3, -0.25) is 0 Å². The smallest absolute Gasteiger partial charge is 0.268 e. The number of hydrogen-bond acceptors (Lipinski definition) is 2. The lowest BCUT2D eigenvalue weighted by Gasteiger charge is -2.07. The molecule has 2 nitrogen and oxygen atoms in total. The standard InChI is InChI=1S/C11H16O2Si3/c1-4-12-15-10-6-9(14-3)7-11(8-10)16-13-5-2/h6-8H,4-5H2,1-3H3. The van der Waals surface area contributed by atoms with E-state index in [9.17, 15) is 0 Å². The van der Waals surface area contributed by atoms with E-state index in [0.717, 1.165) is 22.7 Å². The number of hydrogen-bond donors (Lipinski definition) is 0. The van der Waals surface area contributed by atoms with Gasteiger partial charge >= 0.3 is 0 Å². The zero-order chi connectivity index (χ0) is 11.8. The highest BCUT2D eigenvalue weighted by Gasteiger charge is 2.04. The van der Waals surface area contributed by atoms with Gasteiger partial charge in [-0.05, 0) is 24.2 Å². The summed E-state index contributed by atoms with van der Waals surface area (Å²) >= 11 is 0. The number of benzene rings is 1. The molecule has 0 unspecified atom stereocenters. The highest BCUT2D eigenvalue weighted by Crippen LogP contribution is 1.81. The monoisotopic (exact) mass is 264 g/mol. The molecular weight excluding hydrogens is 248 g/mol. The molecule has 0 bridgehead atoms. The average molecular weight is 265 g/mol. The molecule has 0 aliphatic heterocycles. The van der Waals surface area contributed by atoms with Gasteiger partial charge in [-0.15, -0.1) is 0 Å². The number of rotatable bonds is 7. The van der Waals surface area contributed by atoms with E-state index in [0.29, 0.717) is 19.5 Å². The highest BCUT2D eigenvalue weighted by atomic mass is 28.2. The van der Waals surface area contributed by atoms with Crippen LogP contribution in [0.2, 0.25) is 6.55 Å².